The molecule has 18 aromatic rings. The Hall–Kier alpha value is -11.1. The van der Waals surface area contributed by atoms with Gasteiger partial charge in [-0.3, -0.25) is 4.57 Å². The van der Waals surface area contributed by atoms with Gasteiger partial charge in [0.15, 0.2) is 11.6 Å². The van der Waals surface area contributed by atoms with Crippen LogP contribution in [0.4, 0.5) is 0 Å². The third-order valence-electron chi connectivity index (χ3n) is 17.6. The molecule has 88 heavy (non-hydrogen) atoms. The number of benzene rings is 13. The second-order valence-electron chi connectivity index (χ2n) is 22.7. The zero-order valence-electron chi connectivity index (χ0n) is 47.3. The topological polar surface area (TPSA) is 48.5 Å². The highest BCUT2D eigenvalue weighted by Gasteiger charge is 2.22. The molecule has 18 rings (SSSR count). The van der Waals surface area contributed by atoms with Gasteiger partial charge >= 0.3 is 0 Å². The number of fused-ring (bicyclic) bond motifs is 12. The standard InChI is InChI=1S/C81H49N5S2/c1-3-17-50(18-4-1)59-42-60(51-19-5-2-6-20-51)44-61(43-59)52-21-15-22-57(41-52)79-82-80(84-81(83-79)86-72-30-12-8-26-64(72)68-47-54(34-38-74(68)86)56-36-40-78-70(49-56)66-28-10-14-32-76(66)88-78)58-23-16-24-62(45-58)85-71-29-11-7-25-63(71)67-46-53(33-37-73(67)85)55-35-39-77-69(48-55)65-27-9-13-31-75(65)87-77/h1-49H. The fraction of sp³-hybridized carbons (Fsp3) is 0. The number of aromatic nitrogens is 5. The largest absolute Gasteiger partial charge is 0.309 e. The van der Waals surface area contributed by atoms with Gasteiger partial charge in [0.05, 0.1) is 22.1 Å². The lowest BCUT2D eigenvalue weighted by Gasteiger charge is -2.14. The predicted molar refractivity (Wildman–Crippen MR) is 372 cm³/mol. The summed E-state index contributed by atoms with van der Waals surface area (Å²) in [6.45, 7) is 0. The van der Waals surface area contributed by atoms with Crippen molar-refractivity contribution in [2.45, 2.75) is 0 Å². The number of hydrogen-bond donors (Lipinski definition) is 0. The van der Waals surface area contributed by atoms with Crippen molar-refractivity contribution in [3.63, 3.8) is 0 Å². The van der Waals surface area contributed by atoms with E-state index in [0.717, 1.165) is 88.6 Å². The Labute approximate surface area is 514 Å². The summed E-state index contributed by atoms with van der Waals surface area (Å²) in [5.41, 5.74) is 18.5. The summed E-state index contributed by atoms with van der Waals surface area (Å²) in [6.07, 6.45) is 0. The quantitative estimate of drug-likeness (QED) is 0.145. The summed E-state index contributed by atoms with van der Waals surface area (Å²) in [4.78, 5) is 16.6. The monoisotopic (exact) mass is 1160 g/mol. The summed E-state index contributed by atoms with van der Waals surface area (Å²) in [6, 6.07) is 108. The minimum atomic E-state index is 0.538. The van der Waals surface area contributed by atoms with Crippen molar-refractivity contribution in [2.75, 3.05) is 0 Å². The molecule has 0 saturated carbocycles. The van der Waals surface area contributed by atoms with Crippen molar-refractivity contribution >= 4 is 107 Å². The van der Waals surface area contributed by atoms with E-state index in [1.165, 1.54) is 67.8 Å². The van der Waals surface area contributed by atoms with Crippen molar-refractivity contribution < 1.29 is 0 Å². The molecule has 0 aliphatic carbocycles. The highest BCUT2D eigenvalue weighted by molar-refractivity contribution is 7.26. The number of para-hydroxylation sites is 2. The van der Waals surface area contributed by atoms with E-state index in [1.54, 1.807) is 0 Å². The highest BCUT2D eigenvalue weighted by atomic mass is 32.1. The first kappa shape index (κ1) is 50.3. The molecule has 0 bridgehead atoms. The maximum Gasteiger partial charge on any atom is 0.238 e. The van der Waals surface area contributed by atoms with Crippen LogP contribution < -0.4 is 0 Å². The van der Waals surface area contributed by atoms with Crippen molar-refractivity contribution in [3.8, 4) is 90.0 Å². The van der Waals surface area contributed by atoms with Gasteiger partial charge in [0.2, 0.25) is 5.95 Å². The van der Waals surface area contributed by atoms with Gasteiger partial charge in [-0.1, -0.05) is 188 Å². The molecule has 5 nitrogen and oxygen atoms in total. The Bertz CT molecular complexity index is 5770. The molecule has 5 aromatic heterocycles. The molecule has 0 unspecified atom stereocenters. The normalized spacial score (nSPS) is 11.9. The summed E-state index contributed by atoms with van der Waals surface area (Å²) in [5.74, 6) is 1.69. The Morgan fingerprint density at radius 3 is 1.12 bits per heavy atom. The van der Waals surface area contributed by atoms with Gasteiger partial charge in [-0.05, 0) is 165 Å². The zero-order valence-corrected chi connectivity index (χ0v) is 49.0. The molecule has 410 valence electrons. The number of thiophene rings is 2. The molecule has 0 aliphatic heterocycles. The van der Waals surface area contributed by atoms with E-state index >= 15 is 0 Å². The smallest absolute Gasteiger partial charge is 0.238 e. The highest BCUT2D eigenvalue weighted by Crippen LogP contribution is 2.43. The Morgan fingerprint density at radius 2 is 0.568 bits per heavy atom. The predicted octanol–water partition coefficient (Wildman–Crippen LogP) is 22.5. The van der Waals surface area contributed by atoms with Crippen LogP contribution in [0.3, 0.4) is 0 Å². The van der Waals surface area contributed by atoms with Crippen molar-refractivity contribution in [2.24, 2.45) is 0 Å². The van der Waals surface area contributed by atoms with Gasteiger partial charge in [0.25, 0.3) is 0 Å². The molecular weight excluding hydrogens is 1110 g/mol. The molecule has 7 heteroatoms. The molecule has 5 heterocycles. The van der Waals surface area contributed by atoms with Crippen LogP contribution in [0.2, 0.25) is 0 Å². The average Bonchev–Trinajstić information content (AvgIpc) is 1.98. The van der Waals surface area contributed by atoms with E-state index < -0.39 is 0 Å². The fourth-order valence-corrected chi connectivity index (χ4v) is 15.5. The van der Waals surface area contributed by atoms with Crippen LogP contribution in [0.25, 0.3) is 174 Å². The first-order chi connectivity index (χ1) is 43.6. The first-order valence-corrected chi connectivity index (χ1v) is 31.3. The summed E-state index contributed by atoms with van der Waals surface area (Å²) < 4.78 is 9.82. The van der Waals surface area contributed by atoms with Crippen molar-refractivity contribution in [1.82, 2.24) is 24.1 Å². The van der Waals surface area contributed by atoms with Crippen molar-refractivity contribution in [1.29, 1.82) is 0 Å². The molecule has 0 aliphatic rings. The third kappa shape index (κ3) is 8.39. The third-order valence-corrected chi connectivity index (χ3v) is 19.9. The number of rotatable bonds is 9. The Balaban J connectivity index is 0.806. The fourth-order valence-electron chi connectivity index (χ4n) is 13.3. The summed E-state index contributed by atoms with van der Waals surface area (Å²) in [5, 5.41) is 9.80. The lowest BCUT2D eigenvalue weighted by Crippen LogP contribution is -2.06. The van der Waals surface area contributed by atoms with Crippen LogP contribution in [-0.4, -0.2) is 24.1 Å². The molecule has 0 amide bonds. The van der Waals surface area contributed by atoms with Gasteiger partial charge in [0, 0.05) is 78.7 Å². The van der Waals surface area contributed by atoms with Crippen LogP contribution in [0.5, 0.6) is 0 Å². The SMILES string of the molecule is c1ccc(-c2cc(-c3ccccc3)cc(-c3cccc(-c4nc(-c5cccc(-n6c7ccccc7c7cc(-c8ccc9sc%10ccccc%10c9c8)ccc76)c5)nc(-n5c6ccccc6c6cc(-c7ccc8sc9ccccc9c8c7)ccc65)n4)c3)c2)cc1. The molecule has 13 aromatic carbocycles. The number of nitrogens with zero attached hydrogens (tertiary/aromatic N) is 5. The lowest BCUT2D eigenvalue weighted by molar-refractivity contribution is 0.953. The Morgan fingerprint density at radius 1 is 0.205 bits per heavy atom. The molecule has 0 atom stereocenters. The van der Waals surface area contributed by atoms with E-state index in [9.17, 15) is 0 Å². The van der Waals surface area contributed by atoms with E-state index in [1.807, 2.05) is 22.7 Å². The molecule has 0 spiro atoms. The van der Waals surface area contributed by atoms with Crippen LogP contribution in [0, 0.1) is 0 Å². The van der Waals surface area contributed by atoms with Gasteiger partial charge in [-0.2, -0.15) is 9.97 Å². The maximum absolute atomic E-state index is 5.54. The number of hydrogen-bond acceptors (Lipinski definition) is 5. The lowest BCUT2D eigenvalue weighted by atomic mass is 9.93. The Kier molecular flexibility index (Phi) is 11.6. The van der Waals surface area contributed by atoms with Crippen LogP contribution in [0.1, 0.15) is 0 Å². The maximum atomic E-state index is 5.54. The van der Waals surface area contributed by atoms with E-state index in [0.29, 0.717) is 17.6 Å². The van der Waals surface area contributed by atoms with Gasteiger partial charge in [-0.25, -0.2) is 4.98 Å². The van der Waals surface area contributed by atoms with E-state index in [2.05, 4.69) is 306 Å². The minimum absolute atomic E-state index is 0.538. The molecule has 0 fully saturated rings. The van der Waals surface area contributed by atoms with Crippen LogP contribution in [-0.2, 0) is 0 Å². The second-order valence-corrected chi connectivity index (χ2v) is 24.9. The second kappa shape index (κ2) is 20.3. The zero-order chi connectivity index (χ0) is 57.8. The minimum Gasteiger partial charge on any atom is -0.309 e. The molecule has 0 radical (unpaired) electrons. The van der Waals surface area contributed by atoms with Gasteiger partial charge in [-0.15, -0.1) is 22.7 Å². The molecule has 0 N–H and O–H groups in total. The first-order valence-electron chi connectivity index (χ1n) is 29.7. The molecule has 0 saturated heterocycles. The van der Waals surface area contributed by atoms with Gasteiger partial charge in [0.1, 0.15) is 0 Å². The van der Waals surface area contributed by atoms with Gasteiger partial charge < -0.3 is 4.57 Å². The van der Waals surface area contributed by atoms with Crippen LogP contribution >= 0.6 is 22.7 Å². The van der Waals surface area contributed by atoms with Crippen LogP contribution in [0.15, 0.2) is 297 Å². The summed E-state index contributed by atoms with van der Waals surface area (Å²) >= 11 is 3.70. The van der Waals surface area contributed by atoms with E-state index in [4.69, 9.17) is 15.0 Å². The molecular formula is C81H49N5S2. The summed E-state index contributed by atoms with van der Waals surface area (Å²) in [7, 11) is 0. The van der Waals surface area contributed by atoms with E-state index in [-0.39, 0.29) is 0 Å². The van der Waals surface area contributed by atoms with Crippen molar-refractivity contribution in [3.05, 3.63) is 297 Å². The average molecular weight is 1160 g/mol.